The zero-order valence-corrected chi connectivity index (χ0v) is 10.1. The number of amides is 1. The Kier molecular flexibility index (Phi) is 4.25. The van der Waals surface area contributed by atoms with Crippen molar-refractivity contribution >= 4 is 47.2 Å². The van der Waals surface area contributed by atoms with Crippen LogP contribution in [0.25, 0.3) is 0 Å². The van der Waals surface area contributed by atoms with Gasteiger partial charge in [-0.2, -0.15) is 4.39 Å². The summed E-state index contributed by atoms with van der Waals surface area (Å²) in [5, 5.41) is 0. The minimum absolute atomic E-state index is 0.390. The number of rotatable bonds is 4. The van der Waals surface area contributed by atoms with Gasteiger partial charge in [0.1, 0.15) is 0 Å². The van der Waals surface area contributed by atoms with Crippen LogP contribution in [0.3, 0.4) is 0 Å². The van der Waals surface area contributed by atoms with Crippen molar-refractivity contribution < 1.29 is 9.18 Å². The van der Waals surface area contributed by atoms with Crippen LogP contribution in [-0.2, 0) is 4.79 Å². The molecule has 1 rings (SSSR count). The van der Waals surface area contributed by atoms with E-state index in [1.807, 2.05) is 6.92 Å². The number of alkyl halides is 3. The molecule has 0 aliphatic heterocycles. The molecule has 0 N–H and O–H groups in total. The van der Waals surface area contributed by atoms with Crippen molar-refractivity contribution in [2.75, 3.05) is 4.31 Å². The molecule has 0 saturated carbocycles. The molecule has 0 fully saturated rings. The molecule has 6 heteroatoms. The van der Waals surface area contributed by atoms with Crippen LogP contribution < -0.4 is 4.31 Å². The second-order valence-electron chi connectivity index (χ2n) is 2.80. The van der Waals surface area contributed by atoms with Gasteiger partial charge in [-0.15, -0.1) is 0 Å². The Bertz CT molecular complexity index is 339. The number of anilines is 1. The first-order chi connectivity index (χ1) is 6.92. The Labute approximate surface area is 101 Å². The largest absolute Gasteiger partial charge is 0.324 e. The molecule has 0 aromatic heterocycles. The summed E-state index contributed by atoms with van der Waals surface area (Å²) in [5.41, 5.74) is 1.56. The van der Waals surface area contributed by atoms with Gasteiger partial charge in [-0.1, -0.05) is 40.9 Å². The second kappa shape index (κ2) is 5.05. The second-order valence-corrected chi connectivity index (χ2v) is 5.63. The zero-order chi connectivity index (χ0) is 11.5. The van der Waals surface area contributed by atoms with E-state index in [2.05, 4.69) is 0 Å². The SMILES string of the molecule is Cc1ccc(N(C=O)SC(F)(Cl)Cl)cc1. The first-order valence-electron chi connectivity index (χ1n) is 3.99. The zero-order valence-electron chi connectivity index (χ0n) is 7.78. The van der Waals surface area contributed by atoms with E-state index in [0.29, 0.717) is 24.0 Å². The van der Waals surface area contributed by atoms with E-state index in [1.54, 1.807) is 24.3 Å². The van der Waals surface area contributed by atoms with Crippen LogP contribution in [0, 0.1) is 6.92 Å². The summed E-state index contributed by atoms with van der Waals surface area (Å²) in [7, 11) is 0. The lowest BCUT2D eigenvalue weighted by Crippen LogP contribution is -2.17. The summed E-state index contributed by atoms with van der Waals surface area (Å²) < 4.78 is 11.4. The number of halogens is 3. The van der Waals surface area contributed by atoms with Crippen LogP contribution in [0.15, 0.2) is 24.3 Å². The number of aryl methyl sites for hydroxylation is 1. The third-order valence-electron chi connectivity index (χ3n) is 1.59. The van der Waals surface area contributed by atoms with E-state index in [4.69, 9.17) is 23.2 Å². The quantitative estimate of drug-likeness (QED) is 0.472. The molecule has 1 amide bonds. The summed E-state index contributed by atoms with van der Waals surface area (Å²) >= 11 is 10.7. The Balaban J connectivity index is 2.83. The van der Waals surface area contributed by atoms with E-state index >= 15 is 0 Å². The summed E-state index contributed by atoms with van der Waals surface area (Å²) in [5.74, 6) is 0. The Morgan fingerprint density at radius 2 is 1.93 bits per heavy atom. The van der Waals surface area contributed by atoms with Gasteiger partial charge in [-0.05, 0) is 19.1 Å². The van der Waals surface area contributed by atoms with Crippen LogP contribution >= 0.6 is 35.1 Å². The molecule has 0 radical (unpaired) electrons. The number of nitrogens with zero attached hydrogens (tertiary/aromatic N) is 1. The first kappa shape index (κ1) is 12.6. The van der Waals surface area contributed by atoms with Gasteiger partial charge in [0, 0.05) is 11.9 Å². The predicted molar refractivity (Wildman–Crippen MR) is 62.9 cm³/mol. The third-order valence-corrected chi connectivity index (χ3v) is 2.70. The smallest absolute Gasteiger partial charge is 0.277 e. The van der Waals surface area contributed by atoms with E-state index in [9.17, 15) is 9.18 Å². The van der Waals surface area contributed by atoms with Crippen molar-refractivity contribution in [2.24, 2.45) is 0 Å². The molecule has 2 nitrogen and oxygen atoms in total. The molecular weight excluding hydrogens is 260 g/mol. The third kappa shape index (κ3) is 4.28. The maximum Gasteiger partial charge on any atom is 0.324 e. The molecule has 1 aromatic carbocycles. The van der Waals surface area contributed by atoms with Crippen LogP contribution in [0.5, 0.6) is 0 Å². The maximum atomic E-state index is 12.9. The molecule has 1 aromatic rings. The Morgan fingerprint density at radius 1 is 1.40 bits per heavy atom. The number of carbonyl (C=O) groups is 1. The van der Waals surface area contributed by atoms with Crippen LogP contribution in [0.1, 0.15) is 5.56 Å². The van der Waals surface area contributed by atoms with Gasteiger partial charge in [0.15, 0.2) is 0 Å². The highest BCUT2D eigenvalue weighted by Gasteiger charge is 2.27. The molecular formula is C9H8Cl2FNOS. The monoisotopic (exact) mass is 267 g/mol. The van der Waals surface area contributed by atoms with Crippen molar-refractivity contribution in [1.29, 1.82) is 0 Å². The molecule has 0 aliphatic rings. The summed E-state index contributed by atoms with van der Waals surface area (Å²) in [6.07, 6.45) is 0.453. The van der Waals surface area contributed by atoms with Gasteiger partial charge in [0.25, 0.3) is 0 Å². The van der Waals surface area contributed by atoms with E-state index in [1.165, 1.54) is 0 Å². The number of hydrogen-bond acceptors (Lipinski definition) is 2. The highest BCUT2D eigenvalue weighted by atomic mass is 35.5. The molecule has 0 spiro atoms. The minimum Gasteiger partial charge on any atom is -0.277 e. The summed E-state index contributed by atoms with van der Waals surface area (Å²) in [4.78, 5) is 10.7. The molecule has 82 valence electrons. The fourth-order valence-electron chi connectivity index (χ4n) is 0.938. The molecule has 0 aliphatic carbocycles. The van der Waals surface area contributed by atoms with Crippen LogP contribution in [0.2, 0.25) is 0 Å². The maximum absolute atomic E-state index is 12.9. The fourth-order valence-corrected chi connectivity index (χ4v) is 1.88. The Hall–Kier alpha value is -0.450. The number of hydrogen-bond donors (Lipinski definition) is 0. The van der Waals surface area contributed by atoms with E-state index in [-0.39, 0.29) is 0 Å². The van der Waals surface area contributed by atoms with Gasteiger partial charge >= 0.3 is 3.92 Å². The van der Waals surface area contributed by atoms with Gasteiger partial charge in [0.2, 0.25) is 6.41 Å². The fraction of sp³-hybridized carbons (Fsp3) is 0.222. The standard InChI is InChI=1S/C9H8Cl2FNOS/c1-7-2-4-8(5-3-7)13(6-14)15-9(10,11)12/h2-6H,1H3. The predicted octanol–water partition coefficient (Wildman–Crippen LogP) is 3.66. The van der Waals surface area contributed by atoms with Crippen molar-refractivity contribution in [1.82, 2.24) is 0 Å². The number of carbonyl (C=O) groups excluding carboxylic acids is 1. The molecule has 0 saturated heterocycles. The normalized spacial score (nSPS) is 11.2. The van der Waals surface area contributed by atoms with Crippen molar-refractivity contribution in [3.05, 3.63) is 29.8 Å². The number of benzene rings is 1. The lowest BCUT2D eigenvalue weighted by molar-refractivity contribution is -0.106. The van der Waals surface area contributed by atoms with E-state index < -0.39 is 3.92 Å². The average Bonchev–Trinajstić information content (AvgIpc) is 2.14. The average molecular weight is 268 g/mol. The first-order valence-corrected chi connectivity index (χ1v) is 5.52. The van der Waals surface area contributed by atoms with Crippen molar-refractivity contribution in [3.63, 3.8) is 0 Å². The highest BCUT2D eigenvalue weighted by Crippen LogP contribution is 2.39. The van der Waals surface area contributed by atoms with Crippen molar-refractivity contribution in [3.8, 4) is 0 Å². The highest BCUT2D eigenvalue weighted by molar-refractivity contribution is 8.04. The molecule has 0 atom stereocenters. The Morgan fingerprint density at radius 3 is 2.33 bits per heavy atom. The summed E-state index contributed by atoms with van der Waals surface area (Å²) in [6.45, 7) is 1.91. The lowest BCUT2D eigenvalue weighted by Gasteiger charge is -2.19. The topological polar surface area (TPSA) is 20.3 Å². The minimum atomic E-state index is -2.52. The molecule has 15 heavy (non-hydrogen) atoms. The van der Waals surface area contributed by atoms with E-state index in [0.717, 1.165) is 9.87 Å². The van der Waals surface area contributed by atoms with Crippen molar-refractivity contribution in [2.45, 2.75) is 10.8 Å². The van der Waals surface area contributed by atoms with Crippen LogP contribution in [-0.4, -0.2) is 10.3 Å². The van der Waals surface area contributed by atoms with Gasteiger partial charge in [0.05, 0.1) is 5.69 Å². The molecule has 0 bridgehead atoms. The van der Waals surface area contributed by atoms with Crippen LogP contribution in [0.4, 0.5) is 10.1 Å². The molecule has 0 unspecified atom stereocenters. The molecule has 0 heterocycles. The van der Waals surface area contributed by atoms with Gasteiger partial charge in [-0.25, -0.2) is 0 Å². The van der Waals surface area contributed by atoms with Gasteiger partial charge < -0.3 is 0 Å². The van der Waals surface area contributed by atoms with Gasteiger partial charge in [-0.3, -0.25) is 9.10 Å². The lowest BCUT2D eigenvalue weighted by atomic mass is 10.2. The summed E-state index contributed by atoms with van der Waals surface area (Å²) in [6, 6.07) is 6.95.